The van der Waals surface area contributed by atoms with Crippen LogP contribution in [0.4, 0.5) is 5.69 Å². The molecule has 0 amide bonds. The van der Waals surface area contributed by atoms with E-state index in [0.29, 0.717) is 0 Å². The molecule has 7 heteroatoms. The summed E-state index contributed by atoms with van der Waals surface area (Å²) in [5.41, 5.74) is 1.82. The van der Waals surface area contributed by atoms with Crippen LogP contribution >= 0.6 is 11.3 Å². The van der Waals surface area contributed by atoms with E-state index in [1.165, 1.54) is 11.3 Å². The van der Waals surface area contributed by atoms with E-state index in [9.17, 15) is 4.79 Å². The number of methoxy groups -OCH3 is 1. The number of morpholine rings is 1. The van der Waals surface area contributed by atoms with Gasteiger partial charge in [-0.25, -0.2) is 4.99 Å². The van der Waals surface area contributed by atoms with E-state index >= 15 is 0 Å². The number of aromatic nitrogens is 1. The van der Waals surface area contributed by atoms with Gasteiger partial charge in [0, 0.05) is 44.9 Å². The molecule has 0 atom stereocenters. The van der Waals surface area contributed by atoms with E-state index in [4.69, 9.17) is 14.5 Å². The molecule has 0 bridgehead atoms. The van der Waals surface area contributed by atoms with Gasteiger partial charge in [-0.1, -0.05) is 17.4 Å². The first-order valence-electron chi connectivity index (χ1n) is 9.28. The lowest BCUT2D eigenvalue weighted by Crippen LogP contribution is -2.37. The van der Waals surface area contributed by atoms with Crippen molar-refractivity contribution in [3.05, 3.63) is 39.6 Å². The lowest BCUT2D eigenvalue weighted by molar-refractivity contribution is 0.0369. The summed E-state index contributed by atoms with van der Waals surface area (Å²) in [6.45, 7) is 9.11. The second kappa shape index (κ2) is 9.30. The Morgan fingerprint density at radius 2 is 2.07 bits per heavy atom. The highest BCUT2D eigenvalue weighted by Gasteiger charge is 2.15. The standard InChI is InChI=1S/C20H27N3O3S/c1-15-19(16(2)24)27-20(21-17-6-4-7-18(14-17)25-3)23(15)9-5-8-22-10-12-26-13-11-22/h4,6-7,14H,5,8-13H2,1-3H3. The first kappa shape index (κ1) is 19.8. The van der Waals surface area contributed by atoms with Crippen LogP contribution in [0.1, 0.15) is 28.7 Å². The Balaban J connectivity index is 1.84. The average Bonchev–Trinajstić information content (AvgIpc) is 2.99. The lowest BCUT2D eigenvalue weighted by atomic mass is 10.3. The summed E-state index contributed by atoms with van der Waals surface area (Å²) >= 11 is 1.46. The number of ketones is 1. The van der Waals surface area contributed by atoms with Crippen LogP contribution < -0.4 is 9.54 Å². The van der Waals surface area contributed by atoms with Gasteiger partial charge in [0.25, 0.3) is 0 Å². The number of rotatable bonds is 7. The molecule has 6 nitrogen and oxygen atoms in total. The van der Waals surface area contributed by atoms with Crippen molar-refractivity contribution in [3.8, 4) is 5.75 Å². The molecule has 1 aliphatic rings. The molecule has 1 aromatic heterocycles. The Morgan fingerprint density at radius 3 is 2.78 bits per heavy atom. The number of hydrogen-bond donors (Lipinski definition) is 0. The van der Waals surface area contributed by atoms with Crippen LogP contribution in [-0.2, 0) is 11.3 Å². The number of benzene rings is 1. The van der Waals surface area contributed by atoms with Crippen molar-refractivity contribution in [2.75, 3.05) is 40.0 Å². The molecule has 2 heterocycles. The van der Waals surface area contributed by atoms with Gasteiger partial charge in [-0.05, 0) is 25.5 Å². The molecule has 27 heavy (non-hydrogen) atoms. The summed E-state index contributed by atoms with van der Waals surface area (Å²) in [5.74, 6) is 0.863. The summed E-state index contributed by atoms with van der Waals surface area (Å²) in [6, 6.07) is 7.67. The highest BCUT2D eigenvalue weighted by atomic mass is 32.1. The Kier molecular flexibility index (Phi) is 6.82. The molecule has 0 N–H and O–H groups in total. The largest absolute Gasteiger partial charge is 0.497 e. The Labute approximate surface area is 164 Å². The van der Waals surface area contributed by atoms with Crippen LogP contribution in [0.3, 0.4) is 0 Å². The molecule has 1 saturated heterocycles. The molecular formula is C20H27N3O3S. The third-order valence-electron chi connectivity index (χ3n) is 4.72. The molecule has 0 spiro atoms. The molecule has 0 aliphatic carbocycles. The number of ether oxygens (including phenoxy) is 2. The van der Waals surface area contributed by atoms with Gasteiger partial charge in [-0.3, -0.25) is 9.69 Å². The van der Waals surface area contributed by atoms with Crippen molar-refractivity contribution in [2.24, 2.45) is 4.99 Å². The second-order valence-corrected chi connectivity index (χ2v) is 7.61. The molecular weight excluding hydrogens is 362 g/mol. The fraction of sp³-hybridized carbons (Fsp3) is 0.500. The van der Waals surface area contributed by atoms with Gasteiger partial charge < -0.3 is 14.0 Å². The molecule has 1 aromatic carbocycles. The van der Waals surface area contributed by atoms with Gasteiger partial charge in [-0.2, -0.15) is 0 Å². The third-order valence-corrected chi connectivity index (χ3v) is 6.00. The molecule has 3 rings (SSSR count). The van der Waals surface area contributed by atoms with Crippen molar-refractivity contribution in [2.45, 2.75) is 26.8 Å². The zero-order chi connectivity index (χ0) is 19.2. The fourth-order valence-corrected chi connectivity index (χ4v) is 4.30. The number of carbonyl (C=O) groups is 1. The molecule has 1 aliphatic heterocycles. The van der Waals surface area contributed by atoms with E-state index in [2.05, 4.69) is 9.47 Å². The van der Waals surface area contributed by atoms with E-state index in [0.717, 1.165) is 72.6 Å². The fourth-order valence-electron chi connectivity index (χ4n) is 3.23. The van der Waals surface area contributed by atoms with Crippen LogP contribution in [0.5, 0.6) is 5.75 Å². The predicted octanol–water partition coefficient (Wildman–Crippen LogP) is 3.02. The summed E-state index contributed by atoms with van der Waals surface area (Å²) in [6.07, 6.45) is 1.01. The smallest absolute Gasteiger partial charge is 0.190 e. The van der Waals surface area contributed by atoms with Gasteiger partial charge >= 0.3 is 0 Å². The zero-order valence-electron chi connectivity index (χ0n) is 16.2. The van der Waals surface area contributed by atoms with E-state index < -0.39 is 0 Å². The van der Waals surface area contributed by atoms with Crippen molar-refractivity contribution in [3.63, 3.8) is 0 Å². The predicted molar refractivity (Wildman–Crippen MR) is 107 cm³/mol. The average molecular weight is 390 g/mol. The maximum atomic E-state index is 12.0. The maximum Gasteiger partial charge on any atom is 0.190 e. The second-order valence-electron chi connectivity index (χ2n) is 6.63. The third kappa shape index (κ3) is 5.06. The van der Waals surface area contributed by atoms with Crippen LogP contribution in [0.2, 0.25) is 0 Å². The number of nitrogens with zero attached hydrogens (tertiary/aromatic N) is 3. The maximum absolute atomic E-state index is 12.0. The minimum Gasteiger partial charge on any atom is -0.497 e. The first-order chi connectivity index (χ1) is 13.1. The molecule has 0 radical (unpaired) electrons. The SMILES string of the molecule is COc1cccc(N=c2sc(C(C)=O)c(C)n2CCCN2CCOCC2)c1. The van der Waals surface area contributed by atoms with Crippen molar-refractivity contribution in [1.29, 1.82) is 0 Å². The summed E-state index contributed by atoms with van der Waals surface area (Å²) < 4.78 is 12.9. The number of Topliss-reactive ketones (excluding diaryl/α,β-unsaturated/α-hetero) is 1. The van der Waals surface area contributed by atoms with E-state index in [1.54, 1.807) is 14.0 Å². The van der Waals surface area contributed by atoms with E-state index in [1.807, 2.05) is 31.2 Å². The van der Waals surface area contributed by atoms with Crippen molar-refractivity contribution in [1.82, 2.24) is 9.47 Å². The molecule has 0 unspecified atom stereocenters. The van der Waals surface area contributed by atoms with Crippen LogP contribution in [0, 0.1) is 6.92 Å². The zero-order valence-corrected chi connectivity index (χ0v) is 17.1. The Hall–Kier alpha value is -1.96. The number of carbonyl (C=O) groups excluding carboxylic acids is 1. The Morgan fingerprint density at radius 1 is 1.30 bits per heavy atom. The van der Waals surface area contributed by atoms with Crippen LogP contribution in [0.25, 0.3) is 0 Å². The first-order valence-corrected chi connectivity index (χ1v) is 10.1. The molecule has 0 saturated carbocycles. The molecule has 2 aromatic rings. The van der Waals surface area contributed by atoms with Gasteiger partial charge in [0.1, 0.15) is 5.75 Å². The summed E-state index contributed by atoms with van der Waals surface area (Å²) in [5, 5.41) is 0. The normalized spacial score (nSPS) is 15.9. The summed E-state index contributed by atoms with van der Waals surface area (Å²) in [7, 11) is 1.65. The minimum absolute atomic E-state index is 0.0894. The van der Waals surface area contributed by atoms with Gasteiger partial charge in [0.05, 0.1) is 30.9 Å². The highest BCUT2D eigenvalue weighted by molar-refractivity contribution is 7.11. The van der Waals surface area contributed by atoms with Crippen molar-refractivity contribution < 1.29 is 14.3 Å². The van der Waals surface area contributed by atoms with Crippen LogP contribution in [0.15, 0.2) is 29.3 Å². The lowest BCUT2D eigenvalue weighted by Gasteiger charge is -2.26. The van der Waals surface area contributed by atoms with Gasteiger partial charge in [-0.15, -0.1) is 0 Å². The summed E-state index contributed by atoms with van der Waals surface area (Å²) in [4.78, 5) is 20.9. The number of thiazole rings is 1. The number of hydrogen-bond acceptors (Lipinski definition) is 6. The molecule has 1 fully saturated rings. The van der Waals surface area contributed by atoms with Crippen LogP contribution in [-0.4, -0.2) is 55.2 Å². The van der Waals surface area contributed by atoms with E-state index in [-0.39, 0.29) is 5.78 Å². The molecule has 146 valence electrons. The monoisotopic (exact) mass is 389 g/mol. The van der Waals surface area contributed by atoms with Gasteiger partial charge in [0.2, 0.25) is 0 Å². The highest BCUT2D eigenvalue weighted by Crippen LogP contribution is 2.20. The Bertz CT molecular complexity index is 850. The van der Waals surface area contributed by atoms with Crippen molar-refractivity contribution >= 4 is 22.8 Å². The minimum atomic E-state index is 0.0894. The quantitative estimate of drug-likeness (QED) is 0.683. The topological polar surface area (TPSA) is 56.1 Å². The van der Waals surface area contributed by atoms with Gasteiger partial charge in [0.15, 0.2) is 10.6 Å².